The summed E-state index contributed by atoms with van der Waals surface area (Å²) in [7, 11) is 0. The molecule has 2 N–H and O–H groups in total. The van der Waals surface area contributed by atoms with E-state index in [1.807, 2.05) is 37.3 Å². The van der Waals surface area contributed by atoms with Crippen LogP contribution in [0.1, 0.15) is 22.9 Å². The van der Waals surface area contributed by atoms with E-state index in [2.05, 4.69) is 0 Å². The Morgan fingerprint density at radius 3 is 2.73 bits per heavy atom. The van der Waals surface area contributed by atoms with Crippen molar-refractivity contribution in [2.24, 2.45) is 5.73 Å². The maximum Gasteiger partial charge on any atom is 0.125 e. The fourth-order valence-electron chi connectivity index (χ4n) is 1.58. The molecule has 1 unspecified atom stereocenters. The number of furan rings is 1. The summed E-state index contributed by atoms with van der Waals surface area (Å²) >= 11 is 6.03. The van der Waals surface area contributed by atoms with Gasteiger partial charge in [-0.3, -0.25) is 0 Å². The molecule has 2 nitrogen and oxygen atoms in total. The predicted molar refractivity (Wildman–Crippen MR) is 60.9 cm³/mol. The largest absolute Gasteiger partial charge is 0.467 e. The second-order valence-electron chi connectivity index (χ2n) is 3.45. The van der Waals surface area contributed by atoms with E-state index in [0.717, 1.165) is 21.9 Å². The zero-order chi connectivity index (χ0) is 10.8. The lowest BCUT2D eigenvalue weighted by atomic mass is 10.0. The summed E-state index contributed by atoms with van der Waals surface area (Å²) in [5, 5.41) is 0.731. The summed E-state index contributed by atoms with van der Waals surface area (Å²) in [6, 6.07) is 9.16. The van der Waals surface area contributed by atoms with Gasteiger partial charge < -0.3 is 10.2 Å². The molecule has 1 aromatic heterocycles. The van der Waals surface area contributed by atoms with Gasteiger partial charge in [0.05, 0.1) is 12.3 Å². The first-order valence-electron chi connectivity index (χ1n) is 4.74. The van der Waals surface area contributed by atoms with E-state index in [1.165, 1.54) is 0 Å². The van der Waals surface area contributed by atoms with Gasteiger partial charge in [-0.05, 0) is 36.2 Å². The number of halogens is 1. The Morgan fingerprint density at radius 2 is 2.07 bits per heavy atom. The van der Waals surface area contributed by atoms with Crippen LogP contribution in [0.5, 0.6) is 0 Å². The van der Waals surface area contributed by atoms with Crippen molar-refractivity contribution in [2.45, 2.75) is 13.0 Å². The smallest absolute Gasteiger partial charge is 0.125 e. The van der Waals surface area contributed by atoms with Crippen LogP contribution in [0.3, 0.4) is 0 Å². The molecule has 2 aromatic rings. The Labute approximate surface area is 93.7 Å². The normalized spacial score (nSPS) is 12.7. The third-order valence-electron chi connectivity index (χ3n) is 2.49. The maximum atomic E-state index is 6.08. The second kappa shape index (κ2) is 4.09. The van der Waals surface area contributed by atoms with Gasteiger partial charge in [0, 0.05) is 5.02 Å². The minimum atomic E-state index is -0.251. The van der Waals surface area contributed by atoms with Gasteiger partial charge in [-0.15, -0.1) is 0 Å². The Morgan fingerprint density at radius 1 is 1.27 bits per heavy atom. The summed E-state index contributed by atoms with van der Waals surface area (Å²) in [6.07, 6.45) is 1.62. The summed E-state index contributed by atoms with van der Waals surface area (Å²) < 4.78 is 5.28. The summed E-state index contributed by atoms with van der Waals surface area (Å²) in [5.74, 6) is 0.750. The highest BCUT2D eigenvalue weighted by atomic mass is 35.5. The fraction of sp³-hybridized carbons (Fsp3) is 0.167. The number of rotatable bonds is 2. The van der Waals surface area contributed by atoms with Crippen LogP contribution in [0, 0.1) is 6.92 Å². The minimum Gasteiger partial charge on any atom is -0.467 e. The highest BCUT2D eigenvalue weighted by Crippen LogP contribution is 2.27. The lowest BCUT2D eigenvalue weighted by Crippen LogP contribution is -2.12. The molecule has 0 radical (unpaired) electrons. The molecule has 1 aromatic carbocycles. The third kappa shape index (κ3) is 1.91. The first-order valence-corrected chi connectivity index (χ1v) is 5.12. The summed E-state index contributed by atoms with van der Waals surface area (Å²) in [4.78, 5) is 0. The monoisotopic (exact) mass is 221 g/mol. The first kappa shape index (κ1) is 10.3. The van der Waals surface area contributed by atoms with Crippen molar-refractivity contribution in [2.75, 3.05) is 0 Å². The molecule has 0 aliphatic heterocycles. The highest BCUT2D eigenvalue weighted by molar-refractivity contribution is 6.31. The molecule has 0 saturated heterocycles. The Balaban J connectivity index is 2.42. The van der Waals surface area contributed by atoms with E-state index in [1.54, 1.807) is 6.26 Å². The fourth-order valence-corrected chi connectivity index (χ4v) is 1.76. The molecular weight excluding hydrogens is 210 g/mol. The zero-order valence-corrected chi connectivity index (χ0v) is 9.16. The minimum absolute atomic E-state index is 0.251. The van der Waals surface area contributed by atoms with E-state index in [4.69, 9.17) is 21.8 Å². The summed E-state index contributed by atoms with van der Waals surface area (Å²) in [6.45, 7) is 1.96. The van der Waals surface area contributed by atoms with E-state index < -0.39 is 0 Å². The van der Waals surface area contributed by atoms with Crippen molar-refractivity contribution in [3.8, 4) is 0 Å². The van der Waals surface area contributed by atoms with Gasteiger partial charge >= 0.3 is 0 Å². The quantitative estimate of drug-likeness (QED) is 0.845. The zero-order valence-electron chi connectivity index (χ0n) is 8.41. The molecule has 0 spiro atoms. The average molecular weight is 222 g/mol. The van der Waals surface area contributed by atoms with Crippen LogP contribution in [0.15, 0.2) is 41.0 Å². The molecule has 15 heavy (non-hydrogen) atoms. The number of hydrogen-bond acceptors (Lipinski definition) is 2. The maximum absolute atomic E-state index is 6.08. The Bertz CT molecular complexity index is 451. The van der Waals surface area contributed by atoms with Crippen molar-refractivity contribution in [1.82, 2.24) is 0 Å². The van der Waals surface area contributed by atoms with Gasteiger partial charge in [0.25, 0.3) is 0 Å². The van der Waals surface area contributed by atoms with Gasteiger partial charge in [0.2, 0.25) is 0 Å². The topological polar surface area (TPSA) is 39.2 Å². The van der Waals surface area contributed by atoms with Crippen LogP contribution < -0.4 is 5.73 Å². The van der Waals surface area contributed by atoms with Gasteiger partial charge in [0.1, 0.15) is 5.76 Å². The van der Waals surface area contributed by atoms with Crippen LogP contribution in [0.4, 0.5) is 0 Å². The molecular formula is C12H12ClNO. The first-order chi connectivity index (χ1) is 7.20. The van der Waals surface area contributed by atoms with Gasteiger partial charge in [-0.1, -0.05) is 23.7 Å². The summed E-state index contributed by atoms with van der Waals surface area (Å²) in [5.41, 5.74) is 8.08. The van der Waals surface area contributed by atoms with Crippen LogP contribution in [0.25, 0.3) is 0 Å². The molecule has 1 atom stereocenters. The average Bonchev–Trinajstić information content (AvgIpc) is 2.74. The molecule has 0 aliphatic carbocycles. The van der Waals surface area contributed by atoms with E-state index in [0.29, 0.717) is 0 Å². The second-order valence-corrected chi connectivity index (χ2v) is 3.85. The lowest BCUT2D eigenvalue weighted by molar-refractivity contribution is 0.489. The van der Waals surface area contributed by atoms with Crippen molar-refractivity contribution < 1.29 is 4.42 Å². The third-order valence-corrected chi connectivity index (χ3v) is 2.90. The van der Waals surface area contributed by atoms with Crippen molar-refractivity contribution in [3.63, 3.8) is 0 Å². The van der Waals surface area contributed by atoms with Crippen LogP contribution in [-0.4, -0.2) is 0 Å². The molecule has 0 fully saturated rings. The molecule has 2 rings (SSSR count). The van der Waals surface area contributed by atoms with E-state index in [9.17, 15) is 0 Å². The van der Waals surface area contributed by atoms with Crippen molar-refractivity contribution in [3.05, 3.63) is 58.5 Å². The van der Waals surface area contributed by atoms with Crippen molar-refractivity contribution in [1.29, 1.82) is 0 Å². The molecule has 78 valence electrons. The Kier molecular flexibility index (Phi) is 2.80. The van der Waals surface area contributed by atoms with E-state index in [-0.39, 0.29) is 6.04 Å². The van der Waals surface area contributed by atoms with Gasteiger partial charge in [-0.2, -0.15) is 0 Å². The molecule has 3 heteroatoms. The molecule has 1 heterocycles. The lowest BCUT2D eigenvalue weighted by Gasteiger charge is -2.13. The molecule has 0 aliphatic rings. The highest BCUT2D eigenvalue weighted by Gasteiger charge is 2.14. The standard InChI is InChI=1S/C12H12ClNO/c1-8-9(4-2-5-10(8)13)12(14)11-6-3-7-15-11/h2-7,12H,14H2,1H3. The molecule has 0 bridgehead atoms. The number of nitrogens with two attached hydrogens (primary N) is 1. The van der Waals surface area contributed by atoms with Gasteiger partial charge in [0.15, 0.2) is 0 Å². The van der Waals surface area contributed by atoms with Crippen molar-refractivity contribution >= 4 is 11.6 Å². The predicted octanol–water partition coefficient (Wildman–Crippen LogP) is 3.29. The SMILES string of the molecule is Cc1c(Cl)cccc1C(N)c1ccco1. The molecule has 0 amide bonds. The van der Waals surface area contributed by atoms with Crippen LogP contribution in [0.2, 0.25) is 5.02 Å². The van der Waals surface area contributed by atoms with Crippen LogP contribution >= 0.6 is 11.6 Å². The number of hydrogen-bond donors (Lipinski definition) is 1. The van der Waals surface area contributed by atoms with E-state index >= 15 is 0 Å². The number of benzene rings is 1. The van der Waals surface area contributed by atoms with Gasteiger partial charge in [-0.25, -0.2) is 0 Å². The van der Waals surface area contributed by atoms with Crippen LogP contribution in [-0.2, 0) is 0 Å². The Hall–Kier alpha value is -1.25. The molecule has 0 saturated carbocycles.